The molecule has 36 heavy (non-hydrogen) atoms. The Morgan fingerprint density at radius 1 is 1.08 bits per heavy atom. The van der Waals surface area contributed by atoms with Gasteiger partial charge in [0.25, 0.3) is 0 Å². The molecule has 9 heteroatoms. The Morgan fingerprint density at radius 3 is 2.42 bits per heavy atom. The summed E-state index contributed by atoms with van der Waals surface area (Å²) in [5, 5.41) is 3.09. The number of hydrogen-bond acceptors (Lipinski definition) is 5. The number of nitrogens with one attached hydrogen (secondary N) is 1. The number of rotatable bonds is 12. The van der Waals surface area contributed by atoms with Crippen LogP contribution in [0.1, 0.15) is 51.0 Å². The highest BCUT2D eigenvalue weighted by Crippen LogP contribution is 2.21. The zero-order valence-electron chi connectivity index (χ0n) is 21.4. The van der Waals surface area contributed by atoms with Crippen molar-refractivity contribution < 1.29 is 22.7 Å². The number of hydrogen-bond donors (Lipinski definition) is 1. The summed E-state index contributed by atoms with van der Waals surface area (Å²) in [7, 11) is -1.92. The molecule has 1 aliphatic carbocycles. The molecule has 0 bridgehead atoms. The molecule has 0 aromatic heterocycles. The zero-order valence-corrected chi connectivity index (χ0v) is 22.2. The third kappa shape index (κ3) is 7.71. The van der Waals surface area contributed by atoms with Gasteiger partial charge in [-0.05, 0) is 56.0 Å². The molecule has 2 aromatic rings. The molecule has 2 amide bonds. The van der Waals surface area contributed by atoms with E-state index in [1.807, 2.05) is 30.3 Å². The second-order valence-electron chi connectivity index (χ2n) is 9.31. The minimum absolute atomic E-state index is 0.115. The van der Waals surface area contributed by atoms with Crippen LogP contribution in [-0.2, 0) is 26.2 Å². The van der Waals surface area contributed by atoms with Crippen molar-refractivity contribution in [1.29, 1.82) is 0 Å². The number of nitrogens with zero attached hydrogens (tertiary/aromatic N) is 2. The molecule has 0 saturated heterocycles. The van der Waals surface area contributed by atoms with Crippen molar-refractivity contribution in [1.82, 2.24) is 10.2 Å². The Balaban J connectivity index is 1.72. The summed E-state index contributed by atoms with van der Waals surface area (Å²) < 4.78 is 31.4. The van der Waals surface area contributed by atoms with Gasteiger partial charge in [0.2, 0.25) is 21.8 Å². The lowest BCUT2D eigenvalue weighted by molar-refractivity contribution is -0.141. The van der Waals surface area contributed by atoms with Crippen LogP contribution in [0.2, 0.25) is 0 Å². The Kier molecular flexibility index (Phi) is 9.75. The molecule has 1 fully saturated rings. The first kappa shape index (κ1) is 27.5. The average molecular weight is 516 g/mol. The van der Waals surface area contributed by atoms with Gasteiger partial charge in [0, 0.05) is 25.6 Å². The fourth-order valence-electron chi connectivity index (χ4n) is 4.54. The highest BCUT2D eigenvalue weighted by atomic mass is 32.2. The van der Waals surface area contributed by atoms with Crippen LogP contribution >= 0.6 is 0 Å². The van der Waals surface area contributed by atoms with Crippen molar-refractivity contribution in [3.8, 4) is 5.75 Å². The standard InChI is InChI=1S/C27H37N3O5S/c1-21(27(32)28-23-12-7-8-13-23)29(20-22-11-9-16-25(19-22)35-2)26(31)17-10-18-30(36(3,33)34)24-14-5-4-6-15-24/h4-6,9,11,14-16,19,21,23H,7-8,10,12-13,17-18,20H2,1-3H3,(H,28,32)/t21-/m1/s1. The maximum Gasteiger partial charge on any atom is 0.242 e. The smallest absolute Gasteiger partial charge is 0.242 e. The van der Waals surface area contributed by atoms with Gasteiger partial charge in [-0.1, -0.05) is 43.2 Å². The number of anilines is 1. The van der Waals surface area contributed by atoms with Crippen LogP contribution in [0.4, 0.5) is 5.69 Å². The van der Waals surface area contributed by atoms with E-state index in [-0.39, 0.29) is 37.4 Å². The summed E-state index contributed by atoms with van der Waals surface area (Å²) in [6.45, 7) is 2.17. The molecule has 0 spiro atoms. The third-order valence-electron chi connectivity index (χ3n) is 6.55. The van der Waals surface area contributed by atoms with Crippen LogP contribution in [0, 0.1) is 0 Å². The maximum atomic E-state index is 13.4. The third-order valence-corrected chi connectivity index (χ3v) is 7.75. The monoisotopic (exact) mass is 515 g/mol. The summed E-state index contributed by atoms with van der Waals surface area (Å²) in [6.07, 6.45) is 5.73. The average Bonchev–Trinajstić information content (AvgIpc) is 3.37. The maximum absolute atomic E-state index is 13.4. The van der Waals surface area contributed by atoms with E-state index in [4.69, 9.17) is 4.74 Å². The van der Waals surface area contributed by atoms with E-state index in [9.17, 15) is 18.0 Å². The number of para-hydroxylation sites is 1. The van der Waals surface area contributed by atoms with Crippen molar-refractivity contribution in [3.63, 3.8) is 0 Å². The molecule has 1 aliphatic rings. The lowest BCUT2D eigenvalue weighted by Gasteiger charge is -2.30. The van der Waals surface area contributed by atoms with Gasteiger partial charge < -0.3 is 15.0 Å². The lowest BCUT2D eigenvalue weighted by atomic mass is 10.1. The molecule has 0 radical (unpaired) electrons. The van der Waals surface area contributed by atoms with Crippen molar-refractivity contribution in [2.24, 2.45) is 0 Å². The number of carbonyl (C=O) groups excluding carboxylic acids is 2. The molecule has 1 saturated carbocycles. The molecule has 196 valence electrons. The van der Waals surface area contributed by atoms with Gasteiger partial charge in [-0.3, -0.25) is 13.9 Å². The minimum atomic E-state index is -3.51. The van der Waals surface area contributed by atoms with Crippen LogP contribution in [0.25, 0.3) is 0 Å². The Morgan fingerprint density at radius 2 is 1.78 bits per heavy atom. The summed E-state index contributed by atoms with van der Waals surface area (Å²) in [5.41, 5.74) is 1.41. The normalized spacial score (nSPS) is 14.8. The summed E-state index contributed by atoms with van der Waals surface area (Å²) in [6, 6.07) is 15.8. The van der Waals surface area contributed by atoms with Crippen LogP contribution in [-0.4, -0.2) is 57.1 Å². The van der Waals surface area contributed by atoms with E-state index in [0.717, 1.165) is 37.5 Å². The summed E-state index contributed by atoms with van der Waals surface area (Å²) >= 11 is 0. The van der Waals surface area contributed by atoms with Crippen molar-refractivity contribution >= 4 is 27.5 Å². The molecule has 3 rings (SSSR count). The van der Waals surface area contributed by atoms with Crippen molar-refractivity contribution in [2.45, 2.75) is 64.1 Å². The van der Waals surface area contributed by atoms with Crippen LogP contribution in [0.15, 0.2) is 54.6 Å². The fourth-order valence-corrected chi connectivity index (χ4v) is 5.51. The van der Waals surface area contributed by atoms with Gasteiger partial charge in [0.05, 0.1) is 19.1 Å². The van der Waals surface area contributed by atoms with Gasteiger partial charge in [-0.15, -0.1) is 0 Å². The van der Waals surface area contributed by atoms with Gasteiger partial charge in [-0.25, -0.2) is 8.42 Å². The number of ether oxygens (including phenoxy) is 1. The van der Waals surface area contributed by atoms with E-state index >= 15 is 0 Å². The first-order valence-corrected chi connectivity index (χ1v) is 14.3. The Hall–Kier alpha value is -3.07. The van der Waals surface area contributed by atoms with E-state index in [2.05, 4.69) is 5.32 Å². The lowest BCUT2D eigenvalue weighted by Crippen LogP contribution is -2.49. The molecule has 1 atom stereocenters. The van der Waals surface area contributed by atoms with Crippen LogP contribution < -0.4 is 14.4 Å². The highest BCUT2D eigenvalue weighted by molar-refractivity contribution is 7.92. The molecular formula is C27H37N3O5S. The van der Waals surface area contributed by atoms with Gasteiger partial charge in [0.1, 0.15) is 11.8 Å². The van der Waals surface area contributed by atoms with Gasteiger partial charge >= 0.3 is 0 Å². The van der Waals surface area contributed by atoms with Crippen molar-refractivity contribution in [3.05, 3.63) is 60.2 Å². The first-order chi connectivity index (χ1) is 17.2. The molecule has 8 nitrogen and oxygen atoms in total. The molecule has 0 aliphatic heterocycles. The summed E-state index contributed by atoms with van der Waals surface area (Å²) in [5.74, 6) is 0.309. The Labute approximate surface area is 214 Å². The molecular weight excluding hydrogens is 478 g/mol. The molecule has 2 aromatic carbocycles. The van der Waals surface area contributed by atoms with Gasteiger partial charge in [0.15, 0.2) is 0 Å². The van der Waals surface area contributed by atoms with E-state index in [0.29, 0.717) is 17.9 Å². The van der Waals surface area contributed by atoms with E-state index in [1.165, 1.54) is 4.31 Å². The highest BCUT2D eigenvalue weighted by Gasteiger charge is 2.28. The van der Waals surface area contributed by atoms with Crippen LogP contribution in [0.5, 0.6) is 5.75 Å². The van der Waals surface area contributed by atoms with Crippen LogP contribution in [0.3, 0.4) is 0 Å². The van der Waals surface area contributed by atoms with E-state index < -0.39 is 16.1 Å². The summed E-state index contributed by atoms with van der Waals surface area (Å²) in [4.78, 5) is 28.0. The number of carbonyl (C=O) groups is 2. The predicted octanol–water partition coefficient (Wildman–Crippen LogP) is 3.72. The number of amides is 2. The van der Waals surface area contributed by atoms with Gasteiger partial charge in [-0.2, -0.15) is 0 Å². The zero-order chi connectivity index (χ0) is 26.1. The molecule has 0 unspecified atom stereocenters. The Bertz CT molecular complexity index is 1120. The van der Waals surface area contributed by atoms with Crippen molar-refractivity contribution in [2.75, 3.05) is 24.2 Å². The predicted molar refractivity (Wildman–Crippen MR) is 141 cm³/mol. The second-order valence-corrected chi connectivity index (χ2v) is 11.2. The fraction of sp³-hybridized carbons (Fsp3) is 0.481. The molecule has 0 heterocycles. The number of benzene rings is 2. The first-order valence-electron chi connectivity index (χ1n) is 12.4. The minimum Gasteiger partial charge on any atom is -0.497 e. The number of methoxy groups -OCH3 is 1. The topological polar surface area (TPSA) is 96.0 Å². The second kappa shape index (κ2) is 12.8. The number of sulfonamides is 1. The molecule has 1 N–H and O–H groups in total. The SMILES string of the molecule is COc1cccc(CN(C(=O)CCCN(c2ccccc2)S(C)(=O)=O)[C@H](C)C(=O)NC2CCCC2)c1. The largest absolute Gasteiger partial charge is 0.497 e. The van der Waals surface area contributed by atoms with E-state index in [1.54, 1.807) is 43.2 Å². The quantitative estimate of drug-likeness (QED) is 0.465.